The molecule has 0 heterocycles. The van der Waals surface area contributed by atoms with Gasteiger partial charge >= 0.3 is 136 Å². The zero-order chi connectivity index (χ0) is 15.2. The van der Waals surface area contributed by atoms with Crippen molar-refractivity contribution in [1.82, 2.24) is 0 Å². The Kier molecular flexibility index (Phi) is 6.04. The molecule has 2 rings (SSSR count). The van der Waals surface area contributed by atoms with Crippen LogP contribution in [0, 0.1) is 5.82 Å². The summed E-state index contributed by atoms with van der Waals surface area (Å²) in [4.78, 5) is 4.36. The fourth-order valence-electron chi connectivity index (χ4n) is 1.65. The SMILES string of the molecule is COc1ccc(N=Cc2ccc(F)cc2[CH]=[Ru]([Cl])[Cl])cc1. The van der Waals surface area contributed by atoms with Crippen LogP contribution < -0.4 is 4.74 Å². The van der Waals surface area contributed by atoms with Gasteiger partial charge in [-0.1, -0.05) is 0 Å². The number of nitrogens with zero attached hydrogens (tertiary/aromatic N) is 1. The van der Waals surface area contributed by atoms with Gasteiger partial charge in [0.2, 0.25) is 0 Å². The van der Waals surface area contributed by atoms with Crippen molar-refractivity contribution in [3.63, 3.8) is 0 Å². The fraction of sp³-hybridized carbons (Fsp3) is 0.0667. The Morgan fingerprint density at radius 1 is 1.10 bits per heavy atom. The third kappa shape index (κ3) is 4.99. The Labute approximate surface area is 135 Å². The average molecular weight is 413 g/mol. The molecule has 2 nitrogen and oxygen atoms in total. The Morgan fingerprint density at radius 3 is 2.43 bits per heavy atom. The maximum atomic E-state index is 13.3. The number of benzene rings is 2. The summed E-state index contributed by atoms with van der Waals surface area (Å²) in [5.74, 6) is 0.440. The minimum atomic E-state index is -2.02. The zero-order valence-corrected chi connectivity index (χ0v) is 14.3. The Morgan fingerprint density at radius 2 is 1.81 bits per heavy atom. The van der Waals surface area contributed by atoms with Crippen LogP contribution in [0.25, 0.3) is 0 Å². The van der Waals surface area contributed by atoms with E-state index in [9.17, 15) is 4.39 Å². The van der Waals surface area contributed by atoms with E-state index in [1.54, 1.807) is 24.0 Å². The number of halogens is 3. The first kappa shape index (κ1) is 16.3. The molecule has 0 unspecified atom stereocenters. The normalized spacial score (nSPS) is 11.5. The summed E-state index contributed by atoms with van der Waals surface area (Å²) >= 11 is -2.02. The topological polar surface area (TPSA) is 21.6 Å². The molecule has 6 heteroatoms. The quantitative estimate of drug-likeness (QED) is 0.528. The van der Waals surface area contributed by atoms with Crippen LogP contribution >= 0.6 is 19.4 Å². The van der Waals surface area contributed by atoms with E-state index in [0.29, 0.717) is 5.56 Å². The molecule has 0 N–H and O–H groups in total. The van der Waals surface area contributed by atoms with E-state index in [1.807, 2.05) is 24.3 Å². The van der Waals surface area contributed by atoms with Crippen LogP contribution in [0.15, 0.2) is 47.5 Å². The predicted molar refractivity (Wildman–Crippen MR) is 83.5 cm³/mol. The van der Waals surface area contributed by atoms with E-state index in [4.69, 9.17) is 24.1 Å². The molecule has 2 aromatic rings. The van der Waals surface area contributed by atoms with Crippen molar-refractivity contribution < 1.29 is 22.6 Å². The first-order valence-electron chi connectivity index (χ1n) is 5.89. The standard InChI is InChI=1S/C15H12FNO.2ClH.Ru/c1-11-9-13(16)4-3-12(11)10-17-14-5-7-15(18-2)8-6-14;;;/h1,3-10H,2H3;2*1H;/q;;;+2/p-2. The second-order valence-corrected chi connectivity index (χ2v) is 9.76. The molecule has 0 spiro atoms. The van der Waals surface area contributed by atoms with Gasteiger partial charge in [-0.05, 0) is 0 Å². The molecule has 0 saturated carbocycles. The Bertz CT molecular complexity index is 683. The number of aliphatic imine (C=N–C) groups is 1. The molecule has 0 aliphatic rings. The first-order chi connectivity index (χ1) is 10.1. The third-order valence-corrected chi connectivity index (χ3v) is 4.49. The van der Waals surface area contributed by atoms with E-state index in [0.717, 1.165) is 17.0 Å². The van der Waals surface area contributed by atoms with Crippen molar-refractivity contribution in [2.24, 2.45) is 4.99 Å². The van der Waals surface area contributed by atoms with Gasteiger partial charge in [0.25, 0.3) is 0 Å². The monoisotopic (exact) mass is 413 g/mol. The van der Waals surface area contributed by atoms with Gasteiger partial charge in [-0.15, -0.1) is 0 Å². The third-order valence-electron chi connectivity index (χ3n) is 2.66. The van der Waals surface area contributed by atoms with Crippen LogP contribution in [0.1, 0.15) is 11.1 Å². The van der Waals surface area contributed by atoms with Crippen LogP contribution in [-0.2, 0) is 13.5 Å². The molecule has 0 aliphatic heterocycles. The van der Waals surface area contributed by atoms with Gasteiger partial charge in [0, 0.05) is 0 Å². The van der Waals surface area contributed by atoms with Crippen molar-refractivity contribution in [2.75, 3.05) is 7.11 Å². The molecule has 2 aromatic carbocycles. The van der Waals surface area contributed by atoms with Crippen LogP contribution in [0.5, 0.6) is 5.75 Å². The van der Waals surface area contributed by atoms with Gasteiger partial charge in [-0.3, -0.25) is 0 Å². The molecule has 0 bridgehead atoms. The second kappa shape index (κ2) is 7.79. The van der Waals surface area contributed by atoms with E-state index in [-0.39, 0.29) is 5.82 Å². The molecule has 0 atom stereocenters. The molecular formula is C15H12Cl2FNORu. The number of hydrogen-bond acceptors (Lipinski definition) is 2. The first-order valence-corrected chi connectivity index (χ1v) is 11.4. The van der Waals surface area contributed by atoms with Gasteiger partial charge in [0.1, 0.15) is 0 Å². The van der Waals surface area contributed by atoms with Crippen LogP contribution in [-0.4, -0.2) is 17.9 Å². The van der Waals surface area contributed by atoms with Crippen LogP contribution in [0.4, 0.5) is 10.1 Å². The van der Waals surface area contributed by atoms with Crippen molar-refractivity contribution in [3.05, 3.63) is 59.4 Å². The Hall–Kier alpha value is -1.09. The summed E-state index contributed by atoms with van der Waals surface area (Å²) in [5.41, 5.74) is 2.21. The van der Waals surface area contributed by atoms with Gasteiger partial charge in [-0.25, -0.2) is 0 Å². The predicted octanol–water partition coefficient (Wildman–Crippen LogP) is 4.66. The van der Waals surface area contributed by atoms with Crippen LogP contribution in [0.2, 0.25) is 0 Å². The molecule has 0 radical (unpaired) electrons. The fourth-order valence-corrected chi connectivity index (χ4v) is 3.47. The van der Waals surface area contributed by atoms with E-state index < -0.39 is 13.5 Å². The van der Waals surface area contributed by atoms with Crippen molar-refractivity contribution in [2.45, 2.75) is 0 Å². The van der Waals surface area contributed by atoms with Gasteiger partial charge < -0.3 is 0 Å². The number of ether oxygens (including phenoxy) is 1. The average Bonchev–Trinajstić information content (AvgIpc) is 2.46. The summed E-state index contributed by atoms with van der Waals surface area (Å²) in [5, 5.41) is 0. The number of methoxy groups -OCH3 is 1. The maximum absolute atomic E-state index is 13.3. The Balaban J connectivity index is 2.29. The minimum absolute atomic E-state index is 0.327. The molecule has 0 aliphatic carbocycles. The summed E-state index contributed by atoms with van der Waals surface area (Å²) in [6.45, 7) is 0. The van der Waals surface area contributed by atoms with Crippen molar-refractivity contribution in [1.29, 1.82) is 0 Å². The summed E-state index contributed by atoms with van der Waals surface area (Å²) in [6.07, 6.45) is 1.67. The summed E-state index contributed by atoms with van der Waals surface area (Å²) < 4.78 is 20.1. The van der Waals surface area contributed by atoms with Crippen LogP contribution in [0.3, 0.4) is 0 Å². The second-order valence-electron chi connectivity index (χ2n) is 4.04. The number of hydrogen-bond donors (Lipinski definition) is 0. The molecule has 21 heavy (non-hydrogen) atoms. The molecule has 0 fully saturated rings. The zero-order valence-electron chi connectivity index (χ0n) is 11.0. The van der Waals surface area contributed by atoms with E-state index in [1.165, 1.54) is 12.1 Å². The molecule has 0 aromatic heterocycles. The number of rotatable bonds is 4. The van der Waals surface area contributed by atoms with Gasteiger partial charge in [0.15, 0.2) is 0 Å². The molecular weight excluding hydrogens is 401 g/mol. The van der Waals surface area contributed by atoms with Crippen molar-refractivity contribution >= 4 is 35.9 Å². The molecule has 0 saturated heterocycles. The van der Waals surface area contributed by atoms with Crippen molar-refractivity contribution in [3.8, 4) is 5.75 Å². The molecule has 112 valence electrons. The molecule has 0 amide bonds. The van der Waals surface area contributed by atoms with Gasteiger partial charge in [-0.2, -0.15) is 0 Å². The van der Waals surface area contributed by atoms with Gasteiger partial charge in [0.05, 0.1) is 0 Å². The van der Waals surface area contributed by atoms with E-state index >= 15 is 0 Å². The summed E-state index contributed by atoms with van der Waals surface area (Å²) in [6, 6.07) is 11.8. The summed E-state index contributed by atoms with van der Waals surface area (Å²) in [7, 11) is 13.3. The van der Waals surface area contributed by atoms with E-state index in [2.05, 4.69) is 4.99 Å².